The molecule has 0 spiro atoms. The molecule has 0 rings (SSSR count). The summed E-state index contributed by atoms with van der Waals surface area (Å²) in [6.45, 7) is -4.05. The molecule has 0 radical (unpaired) electrons. The van der Waals surface area contributed by atoms with Crippen LogP contribution in [0.3, 0.4) is 0 Å². The summed E-state index contributed by atoms with van der Waals surface area (Å²) in [5.41, 5.74) is 0. The first-order valence-electron chi connectivity index (χ1n) is 3.94. The van der Waals surface area contributed by atoms with Gasteiger partial charge in [0.05, 0.1) is 5.92 Å². The standard InChI is InChI=1S/C7H9F7O/c8-3-5(7(12,13)14)1-2-15-4-6(9,10)11/h5H,1-4H2. The Morgan fingerprint density at radius 3 is 1.87 bits per heavy atom. The summed E-state index contributed by atoms with van der Waals surface area (Å²) in [5, 5.41) is 0. The molecule has 1 nitrogen and oxygen atoms in total. The van der Waals surface area contributed by atoms with Crippen molar-refractivity contribution in [3.05, 3.63) is 0 Å². The summed E-state index contributed by atoms with van der Waals surface area (Å²) < 4.78 is 85.8. The Labute approximate surface area is 81.2 Å². The highest BCUT2D eigenvalue weighted by molar-refractivity contribution is 4.66. The van der Waals surface area contributed by atoms with Gasteiger partial charge in [0.25, 0.3) is 0 Å². The first-order valence-corrected chi connectivity index (χ1v) is 3.94. The van der Waals surface area contributed by atoms with Crippen molar-refractivity contribution in [1.29, 1.82) is 0 Å². The summed E-state index contributed by atoms with van der Waals surface area (Å²) in [5.74, 6) is -2.26. The molecular weight excluding hydrogens is 233 g/mol. The molecule has 0 saturated heterocycles. The lowest BCUT2D eigenvalue weighted by molar-refractivity contribution is -0.193. The Bertz CT molecular complexity index is 173. The van der Waals surface area contributed by atoms with Crippen LogP contribution in [0.15, 0.2) is 0 Å². The quantitative estimate of drug-likeness (QED) is 0.531. The van der Waals surface area contributed by atoms with Crippen molar-refractivity contribution in [2.24, 2.45) is 5.92 Å². The van der Waals surface area contributed by atoms with Gasteiger partial charge in [0.2, 0.25) is 0 Å². The molecule has 0 N–H and O–H groups in total. The van der Waals surface area contributed by atoms with E-state index in [4.69, 9.17) is 0 Å². The summed E-state index contributed by atoms with van der Waals surface area (Å²) in [7, 11) is 0. The number of hydrogen-bond donors (Lipinski definition) is 0. The lowest BCUT2D eigenvalue weighted by Crippen LogP contribution is -2.27. The van der Waals surface area contributed by atoms with Gasteiger partial charge in [-0.05, 0) is 6.42 Å². The predicted molar refractivity (Wildman–Crippen MR) is 37.0 cm³/mol. The van der Waals surface area contributed by atoms with Gasteiger partial charge in [-0.25, -0.2) is 0 Å². The highest BCUT2D eigenvalue weighted by Crippen LogP contribution is 2.29. The molecule has 15 heavy (non-hydrogen) atoms. The SMILES string of the molecule is FCC(CCOCC(F)(F)F)C(F)(F)F. The second kappa shape index (κ2) is 5.53. The van der Waals surface area contributed by atoms with Gasteiger partial charge in [-0.15, -0.1) is 0 Å². The zero-order chi connectivity index (χ0) is 12.1. The Kier molecular flexibility index (Phi) is 5.33. The smallest absolute Gasteiger partial charge is 0.372 e. The van der Waals surface area contributed by atoms with Crippen LogP contribution >= 0.6 is 0 Å². The lowest BCUT2D eigenvalue weighted by Gasteiger charge is -2.16. The van der Waals surface area contributed by atoms with E-state index in [2.05, 4.69) is 4.74 Å². The second-order valence-electron chi connectivity index (χ2n) is 2.85. The molecule has 0 amide bonds. The van der Waals surface area contributed by atoms with Gasteiger partial charge in [0.1, 0.15) is 13.3 Å². The number of rotatable bonds is 5. The highest BCUT2D eigenvalue weighted by Gasteiger charge is 2.39. The minimum atomic E-state index is -4.74. The first kappa shape index (κ1) is 14.5. The molecule has 0 aromatic heterocycles. The Hall–Kier alpha value is -0.530. The molecular formula is C7H9F7O. The molecule has 0 aromatic rings. The van der Waals surface area contributed by atoms with Crippen molar-refractivity contribution >= 4 is 0 Å². The van der Waals surface area contributed by atoms with E-state index < -0.39 is 44.6 Å². The number of ether oxygens (including phenoxy) is 1. The summed E-state index contributed by atoms with van der Waals surface area (Å²) in [6.07, 6.45) is -10.1. The van der Waals surface area contributed by atoms with Crippen molar-refractivity contribution < 1.29 is 35.5 Å². The van der Waals surface area contributed by atoms with E-state index in [9.17, 15) is 30.7 Å². The molecule has 0 saturated carbocycles. The van der Waals surface area contributed by atoms with Crippen LogP contribution in [0.2, 0.25) is 0 Å². The molecule has 0 fully saturated rings. The van der Waals surface area contributed by atoms with Gasteiger partial charge in [0, 0.05) is 6.61 Å². The van der Waals surface area contributed by atoms with Crippen molar-refractivity contribution in [2.75, 3.05) is 19.9 Å². The molecule has 0 aliphatic carbocycles. The maximum atomic E-state index is 11.9. The van der Waals surface area contributed by atoms with E-state index in [1.54, 1.807) is 0 Å². The molecule has 1 unspecified atom stereocenters. The Balaban J connectivity index is 3.75. The fraction of sp³-hybridized carbons (Fsp3) is 1.00. The normalized spacial score (nSPS) is 15.4. The molecule has 1 atom stereocenters. The van der Waals surface area contributed by atoms with Crippen LogP contribution in [0.25, 0.3) is 0 Å². The van der Waals surface area contributed by atoms with Gasteiger partial charge in [-0.1, -0.05) is 0 Å². The fourth-order valence-corrected chi connectivity index (χ4v) is 0.742. The van der Waals surface area contributed by atoms with Crippen molar-refractivity contribution in [1.82, 2.24) is 0 Å². The van der Waals surface area contributed by atoms with Crippen molar-refractivity contribution in [3.63, 3.8) is 0 Å². The first-order chi connectivity index (χ1) is 6.67. The van der Waals surface area contributed by atoms with Gasteiger partial charge in [0.15, 0.2) is 0 Å². The van der Waals surface area contributed by atoms with E-state index in [1.165, 1.54) is 0 Å². The summed E-state index contributed by atoms with van der Waals surface area (Å²) in [6, 6.07) is 0. The predicted octanol–water partition coefficient (Wildman–Crippen LogP) is 3.10. The molecule has 0 aromatic carbocycles. The van der Waals surface area contributed by atoms with E-state index in [-0.39, 0.29) is 0 Å². The van der Waals surface area contributed by atoms with E-state index >= 15 is 0 Å². The minimum Gasteiger partial charge on any atom is -0.372 e. The third-order valence-electron chi connectivity index (χ3n) is 1.53. The van der Waals surface area contributed by atoms with Gasteiger partial charge < -0.3 is 4.74 Å². The third-order valence-corrected chi connectivity index (χ3v) is 1.53. The van der Waals surface area contributed by atoms with Crippen molar-refractivity contribution in [2.45, 2.75) is 18.8 Å². The maximum Gasteiger partial charge on any atom is 0.411 e. The van der Waals surface area contributed by atoms with E-state index in [0.717, 1.165) is 0 Å². The summed E-state index contributed by atoms with van der Waals surface area (Å²) >= 11 is 0. The molecule has 8 heteroatoms. The molecule has 92 valence electrons. The number of hydrogen-bond acceptors (Lipinski definition) is 1. The average Bonchev–Trinajstić information content (AvgIpc) is 1.99. The molecule has 0 aliphatic heterocycles. The Morgan fingerprint density at radius 1 is 1.00 bits per heavy atom. The van der Waals surface area contributed by atoms with Crippen molar-refractivity contribution in [3.8, 4) is 0 Å². The number of halogens is 7. The van der Waals surface area contributed by atoms with Crippen LogP contribution in [0.5, 0.6) is 0 Å². The third kappa shape index (κ3) is 7.40. The fourth-order valence-electron chi connectivity index (χ4n) is 0.742. The van der Waals surface area contributed by atoms with E-state index in [1.807, 2.05) is 0 Å². The molecule has 0 bridgehead atoms. The minimum absolute atomic E-state index is 0.770. The van der Waals surface area contributed by atoms with Crippen LogP contribution in [-0.2, 0) is 4.74 Å². The summed E-state index contributed by atoms with van der Waals surface area (Å²) in [4.78, 5) is 0. The average molecular weight is 242 g/mol. The van der Waals surface area contributed by atoms with Gasteiger partial charge >= 0.3 is 12.4 Å². The molecule has 0 heterocycles. The monoisotopic (exact) mass is 242 g/mol. The van der Waals surface area contributed by atoms with Gasteiger partial charge in [-0.3, -0.25) is 4.39 Å². The van der Waals surface area contributed by atoms with Crippen LogP contribution in [-0.4, -0.2) is 32.2 Å². The topological polar surface area (TPSA) is 9.23 Å². The second-order valence-corrected chi connectivity index (χ2v) is 2.85. The van der Waals surface area contributed by atoms with E-state index in [0.29, 0.717) is 0 Å². The maximum absolute atomic E-state index is 11.9. The zero-order valence-electron chi connectivity index (χ0n) is 7.46. The Morgan fingerprint density at radius 2 is 1.53 bits per heavy atom. The highest BCUT2D eigenvalue weighted by atomic mass is 19.4. The van der Waals surface area contributed by atoms with Gasteiger partial charge in [-0.2, -0.15) is 26.3 Å². The van der Waals surface area contributed by atoms with Crippen LogP contribution in [0.1, 0.15) is 6.42 Å². The van der Waals surface area contributed by atoms with Crippen LogP contribution < -0.4 is 0 Å². The molecule has 0 aliphatic rings. The number of alkyl halides is 7. The van der Waals surface area contributed by atoms with Crippen LogP contribution in [0.4, 0.5) is 30.7 Å². The largest absolute Gasteiger partial charge is 0.411 e. The lowest BCUT2D eigenvalue weighted by atomic mass is 10.1. The zero-order valence-corrected chi connectivity index (χ0v) is 7.46. The van der Waals surface area contributed by atoms with Crippen LogP contribution in [0, 0.1) is 5.92 Å².